The molecule has 2 rings (SSSR count). The van der Waals surface area contributed by atoms with Gasteiger partial charge in [0.25, 0.3) is 5.91 Å². The number of hydrogen-bond donors (Lipinski definition) is 3. The van der Waals surface area contributed by atoms with Crippen LogP contribution in [0.2, 0.25) is 0 Å². The molecule has 0 spiro atoms. The molecule has 7 heteroatoms. The lowest BCUT2D eigenvalue weighted by atomic mass is 10.1. The summed E-state index contributed by atoms with van der Waals surface area (Å²) in [5.41, 5.74) is 2.17. The second kappa shape index (κ2) is 5.55. The maximum Gasteiger partial charge on any atom is 0.253 e. The standard InChI is InChI=1S/C14H21N3O3S/c1-14(2,21(3,19)20)9-17-13(18)10-5-4-6-11-12(10)16-8-7-15-11/h4-6,15-16H,7-9H2,1-3H3,(H,17,18). The molecule has 0 saturated carbocycles. The van der Waals surface area contributed by atoms with Gasteiger partial charge in [-0.15, -0.1) is 0 Å². The summed E-state index contributed by atoms with van der Waals surface area (Å²) in [5.74, 6) is -0.278. The zero-order valence-electron chi connectivity index (χ0n) is 12.5. The highest BCUT2D eigenvalue weighted by atomic mass is 32.2. The molecule has 0 unspecified atom stereocenters. The molecule has 1 aromatic rings. The summed E-state index contributed by atoms with van der Waals surface area (Å²) in [7, 11) is -3.24. The summed E-state index contributed by atoms with van der Waals surface area (Å²) < 4.78 is 22.3. The van der Waals surface area contributed by atoms with E-state index in [1.807, 2.05) is 6.07 Å². The van der Waals surface area contributed by atoms with Gasteiger partial charge in [-0.2, -0.15) is 0 Å². The van der Waals surface area contributed by atoms with Crippen LogP contribution in [0.4, 0.5) is 11.4 Å². The number of para-hydroxylation sites is 1. The summed E-state index contributed by atoms with van der Waals surface area (Å²) >= 11 is 0. The first-order chi connectivity index (χ1) is 9.72. The van der Waals surface area contributed by atoms with Crippen molar-refractivity contribution in [1.82, 2.24) is 5.32 Å². The Bertz CT molecular complexity index is 653. The smallest absolute Gasteiger partial charge is 0.253 e. The Hall–Kier alpha value is -1.76. The van der Waals surface area contributed by atoms with E-state index in [1.54, 1.807) is 26.0 Å². The van der Waals surface area contributed by atoms with Crippen LogP contribution in [0.15, 0.2) is 18.2 Å². The topological polar surface area (TPSA) is 87.3 Å². The average molecular weight is 311 g/mol. The second-order valence-corrected chi connectivity index (χ2v) is 8.45. The van der Waals surface area contributed by atoms with Crippen molar-refractivity contribution < 1.29 is 13.2 Å². The molecular weight excluding hydrogens is 290 g/mol. The molecule has 21 heavy (non-hydrogen) atoms. The van der Waals surface area contributed by atoms with E-state index < -0.39 is 14.6 Å². The predicted molar refractivity (Wildman–Crippen MR) is 84.7 cm³/mol. The molecule has 0 aliphatic carbocycles. The van der Waals surface area contributed by atoms with Crippen molar-refractivity contribution in [1.29, 1.82) is 0 Å². The van der Waals surface area contributed by atoms with Crippen molar-refractivity contribution in [3.63, 3.8) is 0 Å². The molecule has 1 heterocycles. The maximum absolute atomic E-state index is 12.3. The molecule has 116 valence electrons. The van der Waals surface area contributed by atoms with Crippen LogP contribution in [-0.4, -0.2) is 45.0 Å². The van der Waals surface area contributed by atoms with Gasteiger partial charge in [0.2, 0.25) is 0 Å². The summed E-state index contributed by atoms with van der Waals surface area (Å²) in [6.45, 7) is 4.82. The lowest BCUT2D eigenvalue weighted by Crippen LogP contribution is -2.44. The number of nitrogens with one attached hydrogen (secondary N) is 3. The van der Waals surface area contributed by atoms with Crippen molar-refractivity contribution in [3.8, 4) is 0 Å². The monoisotopic (exact) mass is 311 g/mol. The average Bonchev–Trinajstić information content (AvgIpc) is 2.43. The van der Waals surface area contributed by atoms with E-state index in [4.69, 9.17) is 0 Å². The molecule has 1 aromatic carbocycles. The number of carbonyl (C=O) groups is 1. The number of rotatable bonds is 4. The van der Waals surface area contributed by atoms with Gasteiger partial charge in [-0.1, -0.05) is 6.07 Å². The molecule has 0 atom stereocenters. The minimum atomic E-state index is -3.24. The molecular formula is C14H21N3O3S. The Kier molecular flexibility index (Phi) is 4.13. The highest BCUT2D eigenvalue weighted by Crippen LogP contribution is 2.28. The van der Waals surface area contributed by atoms with Gasteiger partial charge in [0, 0.05) is 25.9 Å². The largest absolute Gasteiger partial charge is 0.382 e. The summed E-state index contributed by atoms with van der Waals surface area (Å²) in [4.78, 5) is 12.3. The Labute approximate surface area is 125 Å². The highest BCUT2D eigenvalue weighted by Gasteiger charge is 2.31. The number of sulfone groups is 1. The van der Waals surface area contributed by atoms with E-state index in [9.17, 15) is 13.2 Å². The first kappa shape index (κ1) is 15.6. The van der Waals surface area contributed by atoms with Gasteiger partial charge < -0.3 is 16.0 Å². The maximum atomic E-state index is 12.3. The number of benzene rings is 1. The molecule has 1 aliphatic heterocycles. The number of carbonyl (C=O) groups excluding carboxylic acids is 1. The van der Waals surface area contributed by atoms with Crippen LogP contribution in [0, 0.1) is 0 Å². The first-order valence-electron chi connectivity index (χ1n) is 6.81. The van der Waals surface area contributed by atoms with E-state index in [0.717, 1.165) is 24.5 Å². The quantitative estimate of drug-likeness (QED) is 0.774. The SMILES string of the molecule is CC(C)(CNC(=O)c1cccc2c1NCCN2)S(C)(=O)=O. The van der Waals surface area contributed by atoms with Gasteiger partial charge in [-0.25, -0.2) is 8.42 Å². The number of anilines is 2. The highest BCUT2D eigenvalue weighted by molar-refractivity contribution is 7.92. The van der Waals surface area contributed by atoms with Gasteiger partial charge in [0.15, 0.2) is 9.84 Å². The molecule has 3 N–H and O–H groups in total. The van der Waals surface area contributed by atoms with E-state index in [2.05, 4.69) is 16.0 Å². The fourth-order valence-corrected chi connectivity index (χ4v) is 2.32. The number of fused-ring (bicyclic) bond motifs is 1. The summed E-state index contributed by atoms with van der Waals surface area (Å²) in [6, 6.07) is 5.43. The van der Waals surface area contributed by atoms with E-state index >= 15 is 0 Å². The van der Waals surface area contributed by atoms with Crippen molar-refractivity contribution in [2.24, 2.45) is 0 Å². The fourth-order valence-electron chi connectivity index (χ4n) is 1.98. The number of hydrogen-bond acceptors (Lipinski definition) is 5. The van der Waals surface area contributed by atoms with Crippen LogP contribution in [0.25, 0.3) is 0 Å². The zero-order valence-corrected chi connectivity index (χ0v) is 13.3. The minimum Gasteiger partial charge on any atom is -0.382 e. The van der Waals surface area contributed by atoms with Crippen molar-refractivity contribution >= 4 is 27.1 Å². The summed E-state index contributed by atoms with van der Waals surface area (Å²) in [6.07, 6.45) is 1.18. The van der Waals surface area contributed by atoms with Crippen LogP contribution in [0.1, 0.15) is 24.2 Å². The van der Waals surface area contributed by atoms with E-state index in [1.165, 1.54) is 6.26 Å². The van der Waals surface area contributed by atoms with Gasteiger partial charge >= 0.3 is 0 Å². The Morgan fingerprint density at radius 1 is 1.29 bits per heavy atom. The van der Waals surface area contributed by atoms with Crippen LogP contribution < -0.4 is 16.0 Å². The Morgan fingerprint density at radius 2 is 1.95 bits per heavy atom. The van der Waals surface area contributed by atoms with Crippen LogP contribution >= 0.6 is 0 Å². The Morgan fingerprint density at radius 3 is 2.62 bits per heavy atom. The molecule has 6 nitrogen and oxygen atoms in total. The van der Waals surface area contributed by atoms with Crippen LogP contribution in [-0.2, 0) is 9.84 Å². The van der Waals surface area contributed by atoms with Crippen LogP contribution in [0.3, 0.4) is 0 Å². The van der Waals surface area contributed by atoms with Crippen molar-refractivity contribution in [2.45, 2.75) is 18.6 Å². The summed E-state index contributed by atoms with van der Waals surface area (Å²) in [5, 5.41) is 9.12. The third kappa shape index (κ3) is 3.29. The van der Waals surface area contributed by atoms with Crippen molar-refractivity contribution in [2.75, 3.05) is 36.5 Å². The Balaban J connectivity index is 2.15. The first-order valence-corrected chi connectivity index (χ1v) is 8.70. The van der Waals surface area contributed by atoms with Gasteiger partial charge in [-0.3, -0.25) is 4.79 Å². The fraction of sp³-hybridized carbons (Fsp3) is 0.500. The zero-order chi connectivity index (χ0) is 15.7. The van der Waals surface area contributed by atoms with Crippen molar-refractivity contribution in [3.05, 3.63) is 23.8 Å². The normalized spacial score (nSPS) is 14.6. The minimum absolute atomic E-state index is 0.0712. The molecule has 0 bridgehead atoms. The number of amides is 1. The van der Waals surface area contributed by atoms with Gasteiger partial charge in [0.05, 0.1) is 21.7 Å². The molecule has 0 aromatic heterocycles. The van der Waals surface area contributed by atoms with E-state index in [0.29, 0.717) is 5.56 Å². The second-order valence-electron chi connectivity index (χ2n) is 5.80. The predicted octanol–water partition coefficient (Wildman–Crippen LogP) is 1.08. The third-order valence-corrected chi connectivity index (χ3v) is 5.88. The molecule has 1 aliphatic rings. The van der Waals surface area contributed by atoms with E-state index in [-0.39, 0.29) is 12.5 Å². The van der Waals surface area contributed by atoms with Crippen LogP contribution in [0.5, 0.6) is 0 Å². The van der Waals surface area contributed by atoms with Gasteiger partial charge in [0.1, 0.15) is 0 Å². The third-order valence-electron chi connectivity index (χ3n) is 3.73. The molecule has 0 fully saturated rings. The molecule has 0 radical (unpaired) electrons. The van der Waals surface area contributed by atoms with Gasteiger partial charge in [-0.05, 0) is 26.0 Å². The molecule has 1 amide bonds. The lowest BCUT2D eigenvalue weighted by molar-refractivity contribution is 0.0951. The lowest BCUT2D eigenvalue weighted by Gasteiger charge is -2.25. The molecule has 0 saturated heterocycles.